The molecule has 1 fully saturated rings. The first-order chi connectivity index (χ1) is 11.2. The predicted molar refractivity (Wildman–Crippen MR) is 96.3 cm³/mol. The lowest BCUT2D eigenvalue weighted by Gasteiger charge is -2.35. The van der Waals surface area contributed by atoms with Gasteiger partial charge in [0.05, 0.1) is 0 Å². The van der Waals surface area contributed by atoms with Crippen LogP contribution in [0.15, 0.2) is 34.7 Å². The number of hydrogen-bond acceptors (Lipinski definition) is 4. The molecule has 1 aromatic carbocycles. The van der Waals surface area contributed by atoms with E-state index in [1.165, 1.54) is 16.9 Å². The first-order valence-electron chi connectivity index (χ1n) is 8.53. The molecule has 1 aliphatic rings. The van der Waals surface area contributed by atoms with Crippen molar-refractivity contribution < 1.29 is 4.42 Å². The number of nitrogens with zero attached hydrogens (tertiary/aromatic N) is 2. The Hall–Kier alpha value is -1.94. The SMILES string of the molecule is CCN1CCN(c2cccc(NCc3cc(C)oc3C)c2)CC1. The van der Waals surface area contributed by atoms with Gasteiger partial charge in [-0.2, -0.15) is 0 Å². The van der Waals surface area contributed by atoms with Crippen LogP contribution in [-0.2, 0) is 6.54 Å². The molecule has 2 heterocycles. The molecule has 0 atom stereocenters. The Morgan fingerprint density at radius 1 is 1.09 bits per heavy atom. The molecule has 1 aliphatic heterocycles. The van der Waals surface area contributed by atoms with Crippen LogP contribution in [0, 0.1) is 13.8 Å². The van der Waals surface area contributed by atoms with Crippen LogP contribution in [-0.4, -0.2) is 37.6 Å². The van der Waals surface area contributed by atoms with E-state index in [9.17, 15) is 0 Å². The molecule has 1 saturated heterocycles. The summed E-state index contributed by atoms with van der Waals surface area (Å²) in [4.78, 5) is 4.98. The summed E-state index contributed by atoms with van der Waals surface area (Å²) in [6, 6.07) is 10.8. The maximum absolute atomic E-state index is 5.59. The number of furan rings is 1. The van der Waals surface area contributed by atoms with Crippen LogP contribution in [0.1, 0.15) is 24.0 Å². The zero-order valence-electron chi connectivity index (χ0n) is 14.4. The lowest BCUT2D eigenvalue weighted by atomic mass is 10.2. The number of rotatable bonds is 5. The van der Waals surface area contributed by atoms with E-state index in [0.717, 1.165) is 50.8 Å². The minimum atomic E-state index is 0.802. The summed E-state index contributed by atoms with van der Waals surface area (Å²) in [6.07, 6.45) is 0. The Kier molecular flexibility index (Phi) is 4.91. The fraction of sp³-hybridized carbons (Fsp3) is 0.474. The topological polar surface area (TPSA) is 31.6 Å². The van der Waals surface area contributed by atoms with Crippen LogP contribution < -0.4 is 10.2 Å². The monoisotopic (exact) mass is 313 g/mol. The van der Waals surface area contributed by atoms with E-state index in [1.807, 2.05) is 13.8 Å². The molecule has 0 unspecified atom stereocenters. The summed E-state index contributed by atoms with van der Waals surface area (Å²) in [6.45, 7) is 12.7. The molecule has 1 N–H and O–H groups in total. The van der Waals surface area contributed by atoms with Crippen molar-refractivity contribution in [2.45, 2.75) is 27.3 Å². The highest BCUT2D eigenvalue weighted by Crippen LogP contribution is 2.22. The normalized spacial score (nSPS) is 15.9. The number of likely N-dealkylation sites (N-methyl/N-ethyl adjacent to an activating group) is 1. The van der Waals surface area contributed by atoms with Gasteiger partial charge in [-0.1, -0.05) is 13.0 Å². The Morgan fingerprint density at radius 3 is 2.52 bits per heavy atom. The Morgan fingerprint density at radius 2 is 1.87 bits per heavy atom. The summed E-state index contributed by atoms with van der Waals surface area (Å²) < 4.78 is 5.59. The van der Waals surface area contributed by atoms with Crippen molar-refractivity contribution in [3.05, 3.63) is 47.4 Å². The van der Waals surface area contributed by atoms with Crippen molar-refractivity contribution in [3.8, 4) is 0 Å². The maximum atomic E-state index is 5.59. The smallest absolute Gasteiger partial charge is 0.106 e. The summed E-state index contributed by atoms with van der Waals surface area (Å²) in [5.74, 6) is 1.98. The molecule has 0 saturated carbocycles. The number of benzene rings is 1. The Balaban J connectivity index is 1.62. The van der Waals surface area contributed by atoms with Gasteiger partial charge >= 0.3 is 0 Å². The predicted octanol–water partition coefficient (Wildman–Crippen LogP) is 3.65. The van der Waals surface area contributed by atoms with E-state index in [2.05, 4.69) is 52.4 Å². The average molecular weight is 313 g/mol. The molecule has 0 spiro atoms. The largest absolute Gasteiger partial charge is 0.466 e. The van der Waals surface area contributed by atoms with Crippen molar-refractivity contribution in [2.24, 2.45) is 0 Å². The van der Waals surface area contributed by atoms with Crippen molar-refractivity contribution in [1.82, 2.24) is 4.90 Å². The summed E-state index contributed by atoms with van der Waals surface area (Å²) >= 11 is 0. The molecule has 124 valence electrons. The van der Waals surface area contributed by atoms with Gasteiger partial charge in [0.25, 0.3) is 0 Å². The molecule has 2 aromatic rings. The number of piperazine rings is 1. The highest BCUT2D eigenvalue weighted by Gasteiger charge is 2.15. The lowest BCUT2D eigenvalue weighted by molar-refractivity contribution is 0.271. The second kappa shape index (κ2) is 7.09. The quantitative estimate of drug-likeness (QED) is 0.913. The molecule has 23 heavy (non-hydrogen) atoms. The first-order valence-corrected chi connectivity index (χ1v) is 8.53. The van der Waals surface area contributed by atoms with Gasteiger partial charge in [-0.25, -0.2) is 0 Å². The van der Waals surface area contributed by atoms with Gasteiger partial charge in [0.15, 0.2) is 0 Å². The van der Waals surface area contributed by atoms with Crippen molar-refractivity contribution in [1.29, 1.82) is 0 Å². The standard InChI is InChI=1S/C19H27N3O/c1-4-21-8-10-22(11-9-21)19-7-5-6-18(13-19)20-14-17-12-15(2)23-16(17)3/h5-7,12-13,20H,4,8-11,14H2,1-3H3. The number of aryl methyl sites for hydroxylation is 2. The highest BCUT2D eigenvalue weighted by molar-refractivity contribution is 5.58. The number of anilines is 2. The van der Waals surface area contributed by atoms with Gasteiger partial charge in [-0.15, -0.1) is 0 Å². The fourth-order valence-corrected chi connectivity index (χ4v) is 3.19. The van der Waals surface area contributed by atoms with E-state index in [1.54, 1.807) is 0 Å². The van der Waals surface area contributed by atoms with Gasteiger partial charge in [0.1, 0.15) is 11.5 Å². The van der Waals surface area contributed by atoms with Crippen LogP contribution >= 0.6 is 0 Å². The average Bonchev–Trinajstić information content (AvgIpc) is 2.91. The number of nitrogens with one attached hydrogen (secondary N) is 1. The van der Waals surface area contributed by atoms with Gasteiger partial charge < -0.3 is 19.5 Å². The van der Waals surface area contributed by atoms with Crippen molar-refractivity contribution in [2.75, 3.05) is 42.9 Å². The third-order valence-electron chi connectivity index (χ3n) is 4.66. The van der Waals surface area contributed by atoms with Crippen LogP contribution in [0.2, 0.25) is 0 Å². The zero-order valence-corrected chi connectivity index (χ0v) is 14.4. The molecule has 0 amide bonds. The second-order valence-corrected chi connectivity index (χ2v) is 6.26. The van der Waals surface area contributed by atoms with E-state index in [0.29, 0.717) is 0 Å². The molecule has 1 aromatic heterocycles. The minimum Gasteiger partial charge on any atom is -0.466 e. The third kappa shape index (κ3) is 3.88. The van der Waals surface area contributed by atoms with Crippen LogP contribution in [0.4, 0.5) is 11.4 Å². The first kappa shape index (κ1) is 15.9. The summed E-state index contributed by atoms with van der Waals surface area (Å²) in [5, 5.41) is 3.52. The van der Waals surface area contributed by atoms with Crippen LogP contribution in [0.5, 0.6) is 0 Å². The van der Waals surface area contributed by atoms with Gasteiger partial charge in [-0.05, 0) is 44.7 Å². The molecule has 0 aliphatic carbocycles. The van der Waals surface area contributed by atoms with E-state index < -0.39 is 0 Å². The summed E-state index contributed by atoms with van der Waals surface area (Å²) in [7, 11) is 0. The van der Waals surface area contributed by atoms with E-state index >= 15 is 0 Å². The molecular formula is C19H27N3O. The Bertz CT molecular complexity index is 642. The molecule has 0 radical (unpaired) electrons. The summed E-state index contributed by atoms with van der Waals surface area (Å²) in [5.41, 5.74) is 3.70. The van der Waals surface area contributed by atoms with Crippen molar-refractivity contribution >= 4 is 11.4 Å². The fourth-order valence-electron chi connectivity index (χ4n) is 3.19. The molecular weight excluding hydrogens is 286 g/mol. The van der Waals surface area contributed by atoms with E-state index in [4.69, 9.17) is 4.42 Å². The Labute approximate surface area is 139 Å². The molecule has 4 heteroatoms. The maximum Gasteiger partial charge on any atom is 0.106 e. The number of hydrogen-bond donors (Lipinski definition) is 1. The molecule has 4 nitrogen and oxygen atoms in total. The van der Waals surface area contributed by atoms with E-state index in [-0.39, 0.29) is 0 Å². The zero-order chi connectivity index (χ0) is 16.2. The van der Waals surface area contributed by atoms with Gasteiger partial charge in [0.2, 0.25) is 0 Å². The van der Waals surface area contributed by atoms with Crippen LogP contribution in [0.25, 0.3) is 0 Å². The third-order valence-corrected chi connectivity index (χ3v) is 4.66. The molecule has 0 bridgehead atoms. The van der Waals surface area contributed by atoms with Crippen LogP contribution in [0.3, 0.4) is 0 Å². The van der Waals surface area contributed by atoms with Gasteiger partial charge in [-0.3, -0.25) is 0 Å². The minimum absolute atomic E-state index is 0.802. The van der Waals surface area contributed by atoms with Crippen molar-refractivity contribution in [3.63, 3.8) is 0 Å². The van der Waals surface area contributed by atoms with Gasteiger partial charge in [0, 0.05) is 49.7 Å². The second-order valence-electron chi connectivity index (χ2n) is 6.26. The molecule has 3 rings (SSSR count). The highest BCUT2D eigenvalue weighted by atomic mass is 16.3. The lowest BCUT2D eigenvalue weighted by Crippen LogP contribution is -2.46.